The monoisotopic (exact) mass is 911 g/mol. The fourth-order valence-corrected chi connectivity index (χ4v) is 8.16. The molecule has 4 rings (SSSR count). The zero-order valence-electron chi connectivity index (χ0n) is 32.6. The number of benzene rings is 3. The van der Waals surface area contributed by atoms with Crippen LogP contribution >= 0.6 is 0 Å². The van der Waals surface area contributed by atoms with Crippen LogP contribution in [0, 0.1) is 0 Å². The highest BCUT2D eigenvalue weighted by atomic mass is 32.2. The van der Waals surface area contributed by atoms with Crippen molar-refractivity contribution in [2.75, 3.05) is 42.2 Å². The van der Waals surface area contributed by atoms with Gasteiger partial charge in [-0.3, -0.25) is 37.8 Å². The lowest BCUT2D eigenvalue weighted by atomic mass is 9.75. The van der Waals surface area contributed by atoms with E-state index in [0.29, 0.717) is 16.6 Å². The highest BCUT2D eigenvalue weighted by Gasteiger charge is 2.32. The van der Waals surface area contributed by atoms with E-state index in [1.165, 1.54) is 18.2 Å². The first kappa shape index (κ1) is 47.8. The van der Waals surface area contributed by atoms with Crippen molar-refractivity contribution in [2.24, 2.45) is 9.98 Å². The first-order chi connectivity index (χ1) is 27.7. The summed E-state index contributed by atoms with van der Waals surface area (Å²) in [6.07, 6.45) is 4.35. The Morgan fingerprint density at radius 3 is 2.03 bits per heavy atom. The number of para-hydroxylation sites is 1. The Balaban J connectivity index is 1.89. The largest absolute Gasteiger partial charge is 0.385 e. The summed E-state index contributed by atoms with van der Waals surface area (Å²) < 4.78 is 132. The van der Waals surface area contributed by atoms with Gasteiger partial charge in [-0.05, 0) is 71.8 Å². The Hall–Kier alpha value is -4.88. The van der Waals surface area contributed by atoms with E-state index < -0.39 is 99.0 Å². The highest BCUT2D eigenvalue weighted by Crippen LogP contribution is 2.44. The van der Waals surface area contributed by atoms with Crippen molar-refractivity contribution in [3.63, 3.8) is 0 Å². The van der Waals surface area contributed by atoms with Crippen LogP contribution in [0.3, 0.4) is 0 Å². The number of carbonyl (C=O) groups excluding carboxylic acids is 2. The second-order valence-electron chi connectivity index (χ2n) is 14.2. The van der Waals surface area contributed by atoms with E-state index in [9.17, 15) is 52.4 Å². The fourth-order valence-electron chi connectivity index (χ4n) is 6.22. The van der Waals surface area contributed by atoms with Gasteiger partial charge in [-0.1, -0.05) is 49.8 Å². The molecule has 0 fully saturated rings. The van der Waals surface area contributed by atoms with E-state index in [1.54, 1.807) is 24.4 Å². The molecule has 326 valence electrons. The third-order valence-electron chi connectivity index (χ3n) is 9.42. The molecule has 1 unspecified atom stereocenters. The van der Waals surface area contributed by atoms with Gasteiger partial charge in [0.25, 0.3) is 46.4 Å². The maximum Gasteiger partial charge on any atom is 0.295 e. The third kappa shape index (κ3) is 13.8. The fraction of sp³-hybridized carbons (Fsp3) is 0.351. The lowest BCUT2D eigenvalue weighted by Crippen LogP contribution is -2.40. The number of rotatable bonds is 19. The molecule has 0 radical (unpaired) electrons. The molecule has 3 aromatic carbocycles. The van der Waals surface area contributed by atoms with Crippen molar-refractivity contribution in [2.45, 2.75) is 50.0 Å². The van der Waals surface area contributed by atoms with E-state index in [1.807, 2.05) is 51.1 Å². The Bertz CT molecular complexity index is 2710. The normalized spacial score (nSPS) is 15.7. The molecule has 7 N–H and O–H groups in total. The smallest absolute Gasteiger partial charge is 0.295 e. The zero-order valence-corrected chi connectivity index (χ0v) is 35.8. The van der Waals surface area contributed by atoms with E-state index in [4.69, 9.17) is 9.11 Å². The molecule has 2 amide bonds. The van der Waals surface area contributed by atoms with Crippen molar-refractivity contribution >= 4 is 91.9 Å². The molecule has 1 aliphatic rings. The van der Waals surface area contributed by atoms with Crippen LogP contribution in [-0.4, -0.2) is 119 Å². The number of amides is 2. The van der Waals surface area contributed by atoms with Gasteiger partial charge in [0.2, 0.25) is 5.91 Å². The number of anilines is 1. The molecule has 3 aromatic rings. The van der Waals surface area contributed by atoms with E-state index >= 15 is 0 Å². The quantitative estimate of drug-likeness (QED) is 0.0517. The summed E-state index contributed by atoms with van der Waals surface area (Å²) in [5, 5.41) is 7.98. The molecule has 0 spiro atoms. The second kappa shape index (κ2) is 19.2. The van der Waals surface area contributed by atoms with Gasteiger partial charge in [0.1, 0.15) is 16.6 Å². The summed E-state index contributed by atoms with van der Waals surface area (Å²) in [6, 6.07) is 13.5. The van der Waals surface area contributed by atoms with Gasteiger partial charge in [0, 0.05) is 48.8 Å². The van der Waals surface area contributed by atoms with Gasteiger partial charge in [-0.2, -0.15) is 33.7 Å². The first-order valence-electron chi connectivity index (χ1n) is 18.0. The molecule has 60 heavy (non-hydrogen) atoms. The molecule has 1 atom stereocenters. The minimum Gasteiger partial charge on any atom is -0.385 e. The molecule has 1 heterocycles. The van der Waals surface area contributed by atoms with Gasteiger partial charge in [-0.25, -0.2) is 0 Å². The standard InChI is InChI=1S/C37H45N5O14S4/c1-24(12-14-38-27-8-5-4-6-9-27)37(2,3)34-28-11-10-25(20-29(28)33(60(54,55)56)23-30(34)39-13-7-17-57(45,46)47)26-21-31(35(43)40-15-18-58(48,49)50)42-32(22-26)36(44)41-16-19-59(51,52)53/h4-6,8-12,14,20-21,23,32,39H,7,13,15-19,22H2,1-3H3,(H,40,43)(H,41,44)(H,45,46,47)(H,48,49,50)(H,51,52,53)(H,54,55,56)/b24-12-,38-14?. The van der Waals surface area contributed by atoms with Crippen molar-refractivity contribution in [3.8, 4) is 0 Å². The van der Waals surface area contributed by atoms with Crippen LogP contribution < -0.4 is 16.0 Å². The summed E-state index contributed by atoms with van der Waals surface area (Å²) in [5.41, 5.74) is 1.35. The summed E-state index contributed by atoms with van der Waals surface area (Å²) in [5.74, 6) is -4.05. The van der Waals surface area contributed by atoms with Crippen LogP contribution in [0.1, 0.15) is 44.7 Å². The van der Waals surface area contributed by atoms with Crippen LogP contribution in [0.15, 0.2) is 87.2 Å². The number of hydrogen-bond donors (Lipinski definition) is 7. The molecular formula is C37H45N5O14S4. The Kier molecular flexibility index (Phi) is 15.3. The molecule has 0 aliphatic carbocycles. The van der Waals surface area contributed by atoms with Gasteiger partial charge in [0.05, 0.1) is 22.9 Å². The molecule has 23 heteroatoms. The van der Waals surface area contributed by atoms with Gasteiger partial charge >= 0.3 is 0 Å². The van der Waals surface area contributed by atoms with E-state index in [0.717, 1.165) is 5.57 Å². The second-order valence-corrected chi connectivity index (χ2v) is 20.3. The summed E-state index contributed by atoms with van der Waals surface area (Å²) in [7, 11) is -18.2. The van der Waals surface area contributed by atoms with Crippen LogP contribution in [-0.2, 0) is 55.5 Å². The highest BCUT2D eigenvalue weighted by molar-refractivity contribution is 7.86. The van der Waals surface area contributed by atoms with Crippen LogP contribution in [0.5, 0.6) is 0 Å². The van der Waals surface area contributed by atoms with Crippen LogP contribution in [0.2, 0.25) is 0 Å². The summed E-state index contributed by atoms with van der Waals surface area (Å²) in [4.78, 5) is 34.4. The van der Waals surface area contributed by atoms with E-state index in [2.05, 4.69) is 25.9 Å². The number of nitrogens with zero attached hydrogens (tertiary/aromatic N) is 2. The van der Waals surface area contributed by atoms with Crippen molar-refractivity contribution in [1.82, 2.24) is 10.6 Å². The minimum atomic E-state index is -5.00. The third-order valence-corrected chi connectivity index (χ3v) is 12.6. The maximum absolute atomic E-state index is 13.2. The number of hydrogen-bond acceptors (Lipinski definition) is 13. The number of carbonyl (C=O) groups is 2. The number of aliphatic imine (C=N–C) groups is 2. The summed E-state index contributed by atoms with van der Waals surface area (Å²) in [6.45, 7) is 4.45. The molecule has 1 aliphatic heterocycles. The number of allylic oxidation sites excluding steroid dienone is 2. The average molecular weight is 912 g/mol. The predicted octanol–water partition coefficient (Wildman–Crippen LogP) is 3.01. The lowest BCUT2D eigenvalue weighted by molar-refractivity contribution is -0.122. The summed E-state index contributed by atoms with van der Waals surface area (Å²) >= 11 is 0. The molecule has 0 bridgehead atoms. The lowest BCUT2D eigenvalue weighted by Gasteiger charge is -2.32. The topological polar surface area (TPSA) is 312 Å². The van der Waals surface area contributed by atoms with Crippen molar-refractivity contribution in [1.29, 1.82) is 0 Å². The Morgan fingerprint density at radius 2 is 1.43 bits per heavy atom. The maximum atomic E-state index is 13.2. The molecule has 0 saturated heterocycles. The average Bonchev–Trinajstić information content (AvgIpc) is 3.14. The van der Waals surface area contributed by atoms with Gasteiger partial charge in [0.15, 0.2) is 0 Å². The van der Waals surface area contributed by atoms with Gasteiger partial charge < -0.3 is 16.0 Å². The number of dihydropyridines is 1. The Morgan fingerprint density at radius 1 is 0.817 bits per heavy atom. The molecular weight excluding hydrogens is 867 g/mol. The molecule has 19 nitrogen and oxygen atoms in total. The SMILES string of the molecule is C/C(=C/C=Nc1ccccc1)C(C)(C)c1c(NCCCS(=O)(=O)O)cc(S(=O)(=O)O)c2cc(C3=CC(C(=O)NCCS(=O)(=O)O)=NC(C(=O)NCCS(=O)(=O)O)C3)ccc12. The van der Waals surface area contributed by atoms with Crippen molar-refractivity contribution in [3.05, 3.63) is 83.4 Å². The Labute approximate surface area is 348 Å². The van der Waals surface area contributed by atoms with Gasteiger partial charge in [-0.15, -0.1) is 0 Å². The first-order valence-corrected chi connectivity index (χ1v) is 24.3. The number of fused-ring (bicyclic) bond motifs is 1. The number of nitrogens with one attached hydrogen (secondary N) is 3. The predicted molar refractivity (Wildman–Crippen MR) is 227 cm³/mol. The van der Waals surface area contributed by atoms with E-state index in [-0.39, 0.29) is 47.3 Å². The molecule has 0 aromatic heterocycles. The molecule has 0 saturated carbocycles. The van der Waals surface area contributed by atoms with Crippen LogP contribution in [0.25, 0.3) is 16.3 Å². The minimum absolute atomic E-state index is 0.00373. The van der Waals surface area contributed by atoms with Crippen molar-refractivity contribution < 1.29 is 61.5 Å². The zero-order chi connectivity index (χ0) is 44.7. The van der Waals surface area contributed by atoms with Crippen LogP contribution in [0.4, 0.5) is 11.4 Å².